The number of nitrogens with zero attached hydrogens (tertiary/aromatic N) is 1. The van der Waals surface area contributed by atoms with Crippen LogP contribution in [0.4, 0.5) is 0 Å². The summed E-state index contributed by atoms with van der Waals surface area (Å²) in [5.41, 5.74) is 1.06. The molecule has 0 amide bonds. The van der Waals surface area contributed by atoms with Gasteiger partial charge in [-0.05, 0) is 43.7 Å². The minimum atomic E-state index is 0.0416. The molecule has 3 nitrogen and oxygen atoms in total. The van der Waals surface area contributed by atoms with Crippen LogP contribution in [0.25, 0.3) is 11.3 Å². The summed E-state index contributed by atoms with van der Waals surface area (Å²) in [5, 5.41) is 0. The third-order valence-electron chi connectivity index (χ3n) is 3.97. The molecule has 0 aliphatic carbocycles. The monoisotopic (exact) mass is 347 g/mol. The topological polar surface area (TPSA) is 33.5 Å². The maximum atomic E-state index is 11.1. The second-order valence-electron chi connectivity index (χ2n) is 5.44. The highest BCUT2D eigenvalue weighted by Gasteiger charge is 2.22. The van der Waals surface area contributed by atoms with Crippen LogP contribution < -0.4 is 0 Å². The lowest BCUT2D eigenvalue weighted by Crippen LogP contribution is -2.39. The highest BCUT2D eigenvalue weighted by molar-refractivity contribution is 9.10. The van der Waals surface area contributed by atoms with E-state index in [1.165, 1.54) is 0 Å². The first kappa shape index (κ1) is 14.5. The lowest BCUT2D eigenvalue weighted by molar-refractivity contribution is -0.113. The first-order valence-corrected chi connectivity index (χ1v) is 8.09. The summed E-state index contributed by atoms with van der Waals surface area (Å²) in [6.45, 7) is 1.68. The molecule has 3 rings (SSSR count). The van der Waals surface area contributed by atoms with Gasteiger partial charge in [-0.1, -0.05) is 34.5 Å². The van der Waals surface area contributed by atoms with E-state index in [2.05, 4.69) is 20.8 Å². The fourth-order valence-corrected chi connectivity index (χ4v) is 3.06. The van der Waals surface area contributed by atoms with Gasteiger partial charge in [0, 0.05) is 10.0 Å². The average Bonchev–Trinajstić information content (AvgIpc) is 2.97. The van der Waals surface area contributed by atoms with Gasteiger partial charge in [-0.15, -0.1) is 0 Å². The van der Waals surface area contributed by atoms with Gasteiger partial charge in [0.05, 0.1) is 12.6 Å². The molecule has 2 heterocycles. The Morgan fingerprint density at radius 3 is 2.76 bits per heavy atom. The van der Waals surface area contributed by atoms with Gasteiger partial charge in [0.1, 0.15) is 17.8 Å². The van der Waals surface area contributed by atoms with E-state index in [1.54, 1.807) is 0 Å². The molecule has 0 spiro atoms. The third-order valence-corrected chi connectivity index (χ3v) is 4.50. The lowest BCUT2D eigenvalue weighted by atomic mass is 10.0. The van der Waals surface area contributed by atoms with Crippen LogP contribution in [0.5, 0.6) is 0 Å². The van der Waals surface area contributed by atoms with Gasteiger partial charge < -0.3 is 9.21 Å². The van der Waals surface area contributed by atoms with E-state index in [1.807, 2.05) is 36.4 Å². The van der Waals surface area contributed by atoms with E-state index >= 15 is 0 Å². The number of hydrogen-bond donors (Lipinski definition) is 0. The van der Waals surface area contributed by atoms with Gasteiger partial charge in [0.25, 0.3) is 0 Å². The fraction of sp³-hybridized carbons (Fsp3) is 0.353. The second kappa shape index (κ2) is 6.58. The largest absolute Gasteiger partial charge is 0.460 e. The third kappa shape index (κ3) is 3.44. The number of piperidine rings is 1. The smallest absolute Gasteiger partial charge is 0.137 e. The van der Waals surface area contributed by atoms with Crippen molar-refractivity contribution in [2.24, 2.45) is 0 Å². The van der Waals surface area contributed by atoms with Crippen molar-refractivity contribution >= 4 is 22.2 Å². The molecule has 110 valence electrons. The van der Waals surface area contributed by atoms with Gasteiger partial charge in [0.2, 0.25) is 0 Å². The van der Waals surface area contributed by atoms with Gasteiger partial charge >= 0.3 is 0 Å². The average molecular weight is 348 g/mol. The number of aldehydes is 1. The highest BCUT2D eigenvalue weighted by Crippen LogP contribution is 2.26. The zero-order valence-corrected chi connectivity index (χ0v) is 13.4. The van der Waals surface area contributed by atoms with Crippen LogP contribution in [-0.4, -0.2) is 23.8 Å². The number of halogens is 1. The molecular formula is C17H18BrNO2. The molecule has 0 bridgehead atoms. The van der Waals surface area contributed by atoms with Crippen LogP contribution in [0.15, 0.2) is 45.3 Å². The Hall–Kier alpha value is -1.39. The van der Waals surface area contributed by atoms with Crippen LogP contribution >= 0.6 is 15.9 Å². The molecular weight excluding hydrogens is 330 g/mol. The molecule has 1 saturated heterocycles. The molecule has 0 N–H and O–H groups in total. The van der Waals surface area contributed by atoms with Crippen LogP contribution in [0, 0.1) is 0 Å². The molecule has 21 heavy (non-hydrogen) atoms. The second-order valence-corrected chi connectivity index (χ2v) is 6.36. The number of likely N-dealkylation sites (tertiary alicyclic amines) is 1. The Morgan fingerprint density at radius 2 is 2.00 bits per heavy atom. The lowest BCUT2D eigenvalue weighted by Gasteiger charge is -2.31. The summed E-state index contributed by atoms with van der Waals surface area (Å²) in [7, 11) is 0. The van der Waals surface area contributed by atoms with Crippen molar-refractivity contribution in [2.75, 3.05) is 6.54 Å². The van der Waals surface area contributed by atoms with E-state index < -0.39 is 0 Å². The van der Waals surface area contributed by atoms with Gasteiger partial charge in [-0.25, -0.2) is 0 Å². The fourth-order valence-electron chi connectivity index (χ4n) is 2.80. The molecule has 1 aromatic carbocycles. The maximum absolute atomic E-state index is 11.1. The summed E-state index contributed by atoms with van der Waals surface area (Å²) in [6.07, 6.45) is 4.33. The van der Waals surface area contributed by atoms with E-state index in [0.29, 0.717) is 6.54 Å². The molecule has 0 saturated carbocycles. The number of rotatable bonds is 4. The van der Waals surface area contributed by atoms with Crippen molar-refractivity contribution < 1.29 is 9.21 Å². The predicted molar refractivity (Wildman–Crippen MR) is 86.0 cm³/mol. The summed E-state index contributed by atoms with van der Waals surface area (Å²) < 4.78 is 6.99. The molecule has 4 heteroatoms. The summed E-state index contributed by atoms with van der Waals surface area (Å²) in [5.74, 6) is 1.79. The van der Waals surface area contributed by atoms with Gasteiger partial charge in [-0.2, -0.15) is 0 Å². The molecule has 1 aliphatic rings. The minimum Gasteiger partial charge on any atom is -0.460 e. The van der Waals surface area contributed by atoms with E-state index in [4.69, 9.17) is 4.42 Å². The standard InChI is InChI=1S/C17H18BrNO2/c18-14-6-4-13(5-7-14)17-9-8-16(21-17)11-19-10-2-1-3-15(19)12-20/h4-9,12,15H,1-3,10-11H2. The van der Waals surface area contributed by atoms with Crippen molar-refractivity contribution in [1.29, 1.82) is 0 Å². The predicted octanol–water partition coefficient (Wildman–Crippen LogP) is 4.26. The van der Waals surface area contributed by atoms with Crippen LogP contribution in [0.3, 0.4) is 0 Å². The number of benzene rings is 1. The number of hydrogen-bond acceptors (Lipinski definition) is 3. The molecule has 1 fully saturated rings. The van der Waals surface area contributed by atoms with Crippen LogP contribution in [0.1, 0.15) is 25.0 Å². The van der Waals surface area contributed by atoms with E-state index in [0.717, 1.165) is 53.7 Å². The van der Waals surface area contributed by atoms with Crippen LogP contribution in [-0.2, 0) is 11.3 Å². The molecule has 1 unspecified atom stereocenters. The maximum Gasteiger partial charge on any atom is 0.137 e. The molecule has 1 aromatic heterocycles. The van der Waals surface area contributed by atoms with Crippen molar-refractivity contribution in [3.63, 3.8) is 0 Å². The zero-order valence-electron chi connectivity index (χ0n) is 11.8. The summed E-state index contributed by atoms with van der Waals surface area (Å²) >= 11 is 3.43. The normalized spacial score (nSPS) is 19.6. The quantitative estimate of drug-likeness (QED) is 0.774. The number of carbonyl (C=O) groups is 1. The summed E-state index contributed by atoms with van der Waals surface area (Å²) in [6, 6.07) is 12.1. The molecule has 2 aromatic rings. The Balaban J connectivity index is 1.72. The minimum absolute atomic E-state index is 0.0416. The van der Waals surface area contributed by atoms with Gasteiger partial charge in [0.15, 0.2) is 0 Å². The Kier molecular flexibility index (Phi) is 4.56. The molecule has 1 aliphatic heterocycles. The number of carbonyl (C=O) groups excluding carboxylic acids is 1. The van der Waals surface area contributed by atoms with Crippen molar-refractivity contribution in [2.45, 2.75) is 31.8 Å². The molecule has 0 radical (unpaired) electrons. The first-order valence-electron chi connectivity index (χ1n) is 7.30. The Bertz CT molecular complexity index is 606. The zero-order chi connectivity index (χ0) is 14.7. The Morgan fingerprint density at radius 1 is 1.19 bits per heavy atom. The van der Waals surface area contributed by atoms with E-state index in [9.17, 15) is 4.79 Å². The Labute approximate surface area is 133 Å². The summed E-state index contributed by atoms with van der Waals surface area (Å²) in [4.78, 5) is 13.4. The van der Waals surface area contributed by atoms with Gasteiger partial charge in [-0.3, -0.25) is 4.90 Å². The SMILES string of the molecule is O=CC1CCCCN1Cc1ccc(-c2ccc(Br)cc2)o1. The van der Waals surface area contributed by atoms with Crippen molar-refractivity contribution in [3.05, 3.63) is 46.6 Å². The molecule has 1 atom stereocenters. The number of furan rings is 1. The van der Waals surface area contributed by atoms with Crippen molar-refractivity contribution in [3.8, 4) is 11.3 Å². The van der Waals surface area contributed by atoms with Crippen molar-refractivity contribution in [1.82, 2.24) is 4.90 Å². The first-order chi connectivity index (χ1) is 10.3. The van der Waals surface area contributed by atoms with E-state index in [-0.39, 0.29) is 6.04 Å². The highest BCUT2D eigenvalue weighted by atomic mass is 79.9. The van der Waals surface area contributed by atoms with Crippen LogP contribution in [0.2, 0.25) is 0 Å².